The van der Waals surface area contributed by atoms with Crippen molar-refractivity contribution in [1.29, 1.82) is 0 Å². The van der Waals surface area contributed by atoms with Crippen molar-refractivity contribution in [2.75, 3.05) is 7.11 Å². The molecule has 0 fully saturated rings. The summed E-state index contributed by atoms with van der Waals surface area (Å²) < 4.78 is 17.8. The molecule has 0 amide bonds. The molecule has 5 heteroatoms. The van der Waals surface area contributed by atoms with Gasteiger partial charge in [-0.3, -0.25) is 4.79 Å². The summed E-state index contributed by atoms with van der Waals surface area (Å²) in [5, 5.41) is 0.352. The van der Waals surface area contributed by atoms with Crippen LogP contribution < -0.4 is 4.74 Å². The fraction of sp³-hybridized carbons (Fsp3) is 0.278. The average Bonchev–Trinajstić information content (AvgIpc) is 2.59. The first-order valence-electron chi connectivity index (χ1n) is 7.49. The first-order valence-corrected chi connectivity index (χ1v) is 9.36. The lowest BCUT2D eigenvalue weighted by Crippen LogP contribution is -2.06. The molecule has 0 aliphatic carbocycles. The molecule has 0 bridgehead atoms. The number of halogens is 1. The van der Waals surface area contributed by atoms with E-state index in [-0.39, 0.29) is 11.2 Å². The van der Waals surface area contributed by atoms with E-state index in [1.54, 1.807) is 18.2 Å². The maximum absolute atomic E-state index is 12.6. The fourth-order valence-electron chi connectivity index (χ4n) is 2.41. The van der Waals surface area contributed by atoms with Crippen LogP contribution in [0.25, 0.3) is 0 Å². The number of methoxy groups -OCH3 is 1. The van der Waals surface area contributed by atoms with Gasteiger partial charge in [0.25, 0.3) is 0 Å². The van der Waals surface area contributed by atoms with Crippen LogP contribution in [-0.4, -0.2) is 18.3 Å². The zero-order valence-corrected chi connectivity index (χ0v) is 15.0. The van der Waals surface area contributed by atoms with Crippen LogP contribution in [0, 0.1) is 0 Å². The van der Waals surface area contributed by atoms with Crippen molar-refractivity contribution in [3.8, 4) is 5.75 Å². The number of rotatable bonds is 7. The minimum atomic E-state index is -2.44. The Labute approximate surface area is 142 Å². The maximum Gasteiger partial charge on any atom is 0.222 e. The summed E-state index contributed by atoms with van der Waals surface area (Å²) in [6, 6.07) is 14.9. The van der Waals surface area contributed by atoms with E-state index in [2.05, 4.69) is 0 Å². The summed E-state index contributed by atoms with van der Waals surface area (Å²) in [6.45, 7) is 1.86. The van der Waals surface area contributed by atoms with Gasteiger partial charge in [-0.15, -0.1) is 0 Å². The lowest BCUT2D eigenvalue weighted by atomic mass is 10.1. The summed E-state index contributed by atoms with van der Waals surface area (Å²) in [5.41, 5.74) is 0.948. The van der Waals surface area contributed by atoms with Crippen molar-refractivity contribution < 1.29 is 14.1 Å². The van der Waals surface area contributed by atoms with E-state index in [4.69, 9.17) is 16.3 Å². The molecule has 2 atom stereocenters. The van der Waals surface area contributed by atoms with Crippen LogP contribution in [0.1, 0.15) is 29.3 Å². The Kier molecular flexibility index (Phi) is 6.44. The third-order valence-corrected chi connectivity index (χ3v) is 5.99. The Morgan fingerprint density at radius 3 is 2.52 bits per heavy atom. The highest BCUT2D eigenvalue weighted by Crippen LogP contribution is 2.39. The number of para-hydroxylation sites is 1. The summed E-state index contributed by atoms with van der Waals surface area (Å²) >= 11 is 6.03. The van der Waals surface area contributed by atoms with Crippen molar-refractivity contribution in [2.45, 2.75) is 25.4 Å². The Hall–Kier alpha value is -1.57. The van der Waals surface area contributed by atoms with E-state index in [0.29, 0.717) is 22.8 Å². The van der Waals surface area contributed by atoms with Gasteiger partial charge in [0.05, 0.1) is 17.7 Å². The fourth-order valence-corrected chi connectivity index (χ4v) is 3.98. The van der Waals surface area contributed by atoms with Crippen molar-refractivity contribution in [3.05, 3.63) is 64.7 Å². The summed E-state index contributed by atoms with van der Waals surface area (Å²) in [6.07, 6.45) is 1.51. The number of hydrogen-bond donors (Lipinski definition) is 0. The van der Waals surface area contributed by atoms with Crippen LogP contribution in [0.4, 0.5) is 0 Å². The molecule has 0 saturated carbocycles. The molecule has 0 heterocycles. The number of hydrogen-bond acceptors (Lipinski definition) is 3. The van der Waals surface area contributed by atoms with Gasteiger partial charge in [0.1, 0.15) is 13.6 Å². The van der Waals surface area contributed by atoms with Gasteiger partial charge in [0.15, 0.2) is 0 Å². The predicted octanol–water partition coefficient (Wildman–Crippen LogP) is 5.07. The summed E-state index contributed by atoms with van der Waals surface area (Å²) in [4.78, 5) is 12.5. The van der Waals surface area contributed by atoms with Crippen molar-refractivity contribution in [2.24, 2.45) is 0 Å². The van der Waals surface area contributed by atoms with Crippen LogP contribution in [0.3, 0.4) is 0 Å². The minimum Gasteiger partial charge on any atom is -0.494 e. The lowest BCUT2D eigenvalue weighted by Gasteiger charge is -2.13. The second-order valence-corrected chi connectivity index (χ2v) is 8.01. The molecule has 2 unspecified atom stereocenters. The highest BCUT2D eigenvalue weighted by Gasteiger charge is 2.24. The highest BCUT2D eigenvalue weighted by atomic mass is 35.5. The number of carbonyl (C=O) groups excluding carboxylic acids is 1. The van der Waals surface area contributed by atoms with Gasteiger partial charge in [-0.2, -0.15) is 0 Å². The second-order valence-electron chi connectivity index (χ2n) is 5.44. The average molecular weight is 351 g/mol. The summed E-state index contributed by atoms with van der Waals surface area (Å²) in [7, 11) is -0.990. The first-order chi connectivity index (χ1) is 11.0. The number of carbonyl (C=O) groups is 1. The third-order valence-electron chi connectivity index (χ3n) is 3.80. The second kappa shape index (κ2) is 8.33. The van der Waals surface area contributed by atoms with Crippen molar-refractivity contribution in [3.63, 3.8) is 0 Å². The molecule has 0 saturated heterocycles. The van der Waals surface area contributed by atoms with E-state index in [0.717, 1.165) is 6.42 Å². The number of benzene rings is 2. The van der Waals surface area contributed by atoms with Crippen LogP contribution >= 0.6 is 19.4 Å². The molecule has 0 aliphatic heterocycles. The van der Waals surface area contributed by atoms with Gasteiger partial charge in [-0.05, 0) is 30.5 Å². The summed E-state index contributed by atoms with van der Waals surface area (Å²) in [5.74, 6) is 0.299. The van der Waals surface area contributed by atoms with Gasteiger partial charge in [0.2, 0.25) is 5.52 Å². The number of ether oxygens (including phenoxy) is 1. The van der Waals surface area contributed by atoms with E-state index < -0.39 is 7.80 Å². The van der Waals surface area contributed by atoms with E-state index in [9.17, 15) is 9.36 Å². The first kappa shape index (κ1) is 17.8. The quantitative estimate of drug-likeness (QED) is 0.655. The highest BCUT2D eigenvalue weighted by molar-refractivity contribution is 7.65. The normalized spacial score (nSPS) is 13.3. The standard InChI is InChI=1S/C18H20ClO3P/c1-13(11-12-14-7-4-3-5-8-14)23(21)18(20)15-9-6-10-16(19)17(15)22-2/h3-10,13,23H,11-12H2,1-2H3. The van der Waals surface area contributed by atoms with Gasteiger partial charge in [-0.1, -0.05) is 54.9 Å². The molecule has 2 aromatic rings. The van der Waals surface area contributed by atoms with Crippen molar-refractivity contribution >= 4 is 24.9 Å². The molecular formula is C18H20ClO3P. The molecule has 0 aliphatic rings. The van der Waals surface area contributed by atoms with Crippen LogP contribution in [-0.2, 0) is 11.0 Å². The monoisotopic (exact) mass is 350 g/mol. The van der Waals surface area contributed by atoms with Crippen LogP contribution in [0.5, 0.6) is 5.75 Å². The SMILES string of the molecule is COc1c(Cl)cccc1C(=O)[PH](=O)C(C)CCc1ccccc1. The zero-order chi connectivity index (χ0) is 16.8. The van der Waals surface area contributed by atoms with Crippen molar-refractivity contribution in [1.82, 2.24) is 0 Å². The topological polar surface area (TPSA) is 43.4 Å². The van der Waals surface area contributed by atoms with Gasteiger partial charge in [-0.25, -0.2) is 0 Å². The lowest BCUT2D eigenvalue weighted by molar-refractivity contribution is 0.107. The molecule has 0 radical (unpaired) electrons. The molecule has 0 spiro atoms. The Balaban J connectivity index is 2.07. The Bertz CT molecular complexity index is 701. The molecule has 23 heavy (non-hydrogen) atoms. The largest absolute Gasteiger partial charge is 0.494 e. The van der Waals surface area contributed by atoms with Gasteiger partial charge >= 0.3 is 0 Å². The molecular weight excluding hydrogens is 331 g/mol. The Morgan fingerprint density at radius 1 is 1.17 bits per heavy atom. The van der Waals surface area contributed by atoms with Crippen LogP contribution in [0.2, 0.25) is 5.02 Å². The van der Waals surface area contributed by atoms with E-state index >= 15 is 0 Å². The van der Waals surface area contributed by atoms with Crippen LogP contribution in [0.15, 0.2) is 48.5 Å². The van der Waals surface area contributed by atoms with Gasteiger partial charge < -0.3 is 9.30 Å². The maximum atomic E-state index is 12.6. The zero-order valence-electron chi connectivity index (χ0n) is 13.2. The number of aryl methyl sites for hydroxylation is 1. The third kappa shape index (κ3) is 4.46. The van der Waals surface area contributed by atoms with E-state index in [1.807, 2.05) is 37.3 Å². The molecule has 0 N–H and O–H groups in total. The molecule has 3 nitrogen and oxygen atoms in total. The molecule has 2 aromatic carbocycles. The van der Waals surface area contributed by atoms with Gasteiger partial charge in [0, 0.05) is 5.66 Å². The Morgan fingerprint density at radius 2 is 1.87 bits per heavy atom. The smallest absolute Gasteiger partial charge is 0.222 e. The predicted molar refractivity (Wildman–Crippen MR) is 95.6 cm³/mol. The molecule has 122 valence electrons. The molecule has 0 aromatic heterocycles. The minimum absolute atomic E-state index is 0.170. The van der Waals surface area contributed by atoms with E-state index in [1.165, 1.54) is 12.7 Å². The molecule has 2 rings (SSSR count).